The standard InChI is InChI=1S/C15H11NO/c17-11-13-10-14-8-4-5-9-16(14)15(13)12-6-2-1-3-7-12/h1-11H. The predicted octanol–water partition coefficient (Wildman–Crippen LogP) is 3.42. The molecule has 2 aromatic heterocycles. The lowest BCUT2D eigenvalue weighted by molar-refractivity contribution is 0.112. The fourth-order valence-corrected chi connectivity index (χ4v) is 2.14. The summed E-state index contributed by atoms with van der Waals surface area (Å²) in [6.07, 6.45) is 2.89. The van der Waals surface area contributed by atoms with Gasteiger partial charge in [0.15, 0.2) is 6.29 Å². The van der Waals surface area contributed by atoms with Crippen LogP contribution >= 0.6 is 0 Å². The molecule has 0 unspecified atom stereocenters. The lowest BCUT2D eigenvalue weighted by Gasteiger charge is -2.03. The third-order valence-electron chi connectivity index (χ3n) is 2.88. The maximum absolute atomic E-state index is 11.2. The minimum atomic E-state index is 0.724. The van der Waals surface area contributed by atoms with E-state index in [9.17, 15) is 4.79 Å². The molecule has 2 heterocycles. The number of hydrogen-bond acceptors (Lipinski definition) is 1. The van der Waals surface area contributed by atoms with Crippen molar-refractivity contribution in [1.29, 1.82) is 0 Å². The van der Waals surface area contributed by atoms with E-state index >= 15 is 0 Å². The van der Waals surface area contributed by atoms with Crippen molar-refractivity contribution in [1.82, 2.24) is 4.40 Å². The van der Waals surface area contributed by atoms with Crippen molar-refractivity contribution < 1.29 is 4.79 Å². The Morgan fingerprint density at radius 2 is 1.71 bits per heavy atom. The zero-order valence-corrected chi connectivity index (χ0v) is 9.21. The number of fused-ring (bicyclic) bond motifs is 1. The molecule has 0 bridgehead atoms. The van der Waals surface area contributed by atoms with Gasteiger partial charge in [-0.2, -0.15) is 0 Å². The van der Waals surface area contributed by atoms with Gasteiger partial charge in [-0.1, -0.05) is 36.4 Å². The van der Waals surface area contributed by atoms with Crippen LogP contribution in [0.3, 0.4) is 0 Å². The van der Waals surface area contributed by atoms with Gasteiger partial charge in [-0.3, -0.25) is 4.79 Å². The summed E-state index contributed by atoms with van der Waals surface area (Å²) in [4.78, 5) is 11.2. The van der Waals surface area contributed by atoms with Crippen molar-refractivity contribution in [2.24, 2.45) is 0 Å². The number of hydrogen-bond donors (Lipinski definition) is 0. The molecule has 3 aromatic rings. The highest BCUT2D eigenvalue weighted by Gasteiger charge is 2.10. The molecule has 0 aliphatic rings. The van der Waals surface area contributed by atoms with Crippen molar-refractivity contribution in [2.45, 2.75) is 0 Å². The largest absolute Gasteiger partial charge is 0.316 e. The molecule has 0 aliphatic heterocycles. The van der Waals surface area contributed by atoms with Crippen LogP contribution in [0.25, 0.3) is 16.8 Å². The number of aldehydes is 1. The lowest BCUT2D eigenvalue weighted by atomic mass is 10.1. The molecule has 2 nitrogen and oxygen atoms in total. The molecule has 0 spiro atoms. The molecule has 2 heteroatoms. The van der Waals surface area contributed by atoms with Crippen molar-refractivity contribution in [2.75, 3.05) is 0 Å². The van der Waals surface area contributed by atoms with Gasteiger partial charge in [-0.25, -0.2) is 0 Å². The monoisotopic (exact) mass is 221 g/mol. The van der Waals surface area contributed by atoms with E-state index in [4.69, 9.17) is 0 Å². The first kappa shape index (κ1) is 9.85. The molecule has 3 rings (SSSR count). The van der Waals surface area contributed by atoms with E-state index in [0.29, 0.717) is 0 Å². The summed E-state index contributed by atoms with van der Waals surface area (Å²) in [5, 5.41) is 0. The Kier molecular flexibility index (Phi) is 2.26. The van der Waals surface area contributed by atoms with E-state index in [0.717, 1.165) is 28.6 Å². The van der Waals surface area contributed by atoms with E-state index in [1.165, 1.54) is 0 Å². The molecule has 17 heavy (non-hydrogen) atoms. The minimum absolute atomic E-state index is 0.724. The lowest BCUT2D eigenvalue weighted by Crippen LogP contribution is -1.89. The summed E-state index contributed by atoms with van der Waals surface area (Å²) in [7, 11) is 0. The van der Waals surface area contributed by atoms with Gasteiger partial charge in [0.25, 0.3) is 0 Å². The summed E-state index contributed by atoms with van der Waals surface area (Å²) in [5.74, 6) is 0. The van der Waals surface area contributed by atoms with Crippen LogP contribution in [-0.4, -0.2) is 10.7 Å². The van der Waals surface area contributed by atoms with Crippen molar-refractivity contribution >= 4 is 11.8 Å². The van der Waals surface area contributed by atoms with Crippen LogP contribution in [-0.2, 0) is 0 Å². The van der Waals surface area contributed by atoms with Crippen LogP contribution in [0.5, 0.6) is 0 Å². The average Bonchev–Trinajstić information content (AvgIpc) is 2.78. The molecule has 0 amide bonds. The Morgan fingerprint density at radius 1 is 0.941 bits per heavy atom. The first-order chi connectivity index (χ1) is 8.40. The molecule has 82 valence electrons. The summed E-state index contributed by atoms with van der Waals surface area (Å²) in [6, 6.07) is 17.8. The predicted molar refractivity (Wildman–Crippen MR) is 68.2 cm³/mol. The van der Waals surface area contributed by atoms with E-state index in [2.05, 4.69) is 0 Å². The topological polar surface area (TPSA) is 21.5 Å². The average molecular weight is 221 g/mol. The zero-order valence-electron chi connectivity index (χ0n) is 9.21. The molecule has 0 aliphatic carbocycles. The molecule has 0 N–H and O–H groups in total. The molecule has 1 aromatic carbocycles. The number of benzene rings is 1. The summed E-state index contributed by atoms with van der Waals surface area (Å²) in [5.41, 5.74) is 3.77. The van der Waals surface area contributed by atoms with Gasteiger partial charge < -0.3 is 4.40 Å². The number of aromatic nitrogens is 1. The van der Waals surface area contributed by atoms with Crippen LogP contribution in [0.15, 0.2) is 60.8 Å². The number of carbonyl (C=O) groups is 1. The molecule has 0 fully saturated rings. The third-order valence-corrected chi connectivity index (χ3v) is 2.88. The van der Waals surface area contributed by atoms with E-state index < -0.39 is 0 Å². The van der Waals surface area contributed by atoms with Crippen LogP contribution in [0, 0.1) is 0 Å². The van der Waals surface area contributed by atoms with Crippen molar-refractivity contribution in [3.05, 3.63) is 66.4 Å². The fraction of sp³-hybridized carbons (Fsp3) is 0. The second-order valence-corrected chi connectivity index (χ2v) is 3.93. The normalized spacial score (nSPS) is 10.6. The maximum atomic E-state index is 11.2. The number of rotatable bonds is 2. The Hall–Kier alpha value is -2.35. The maximum Gasteiger partial charge on any atom is 0.152 e. The quantitative estimate of drug-likeness (QED) is 0.607. The third kappa shape index (κ3) is 1.54. The first-order valence-corrected chi connectivity index (χ1v) is 5.51. The van der Waals surface area contributed by atoms with Crippen molar-refractivity contribution in [3.8, 4) is 11.3 Å². The van der Waals surface area contributed by atoms with Gasteiger partial charge in [0.1, 0.15) is 0 Å². The van der Waals surface area contributed by atoms with Crippen LogP contribution in [0.4, 0.5) is 0 Å². The van der Waals surface area contributed by atoms with E-state index in [1.54, 1.807) is 0 Å². The zero-order chi connectivity index (χ0) is 11.7. The summed E-state index contributed by atoms with van der Waals surface area (Å²) in [6.45, 7) is 0. The van der Waals surface area contributed by atoms with Crippen LogP contribution < -0.4 is 0 Å². The molecular formula is C15H11NO. The molecule has 0 atom stereocenters. The van der Waals surface area contributed by atoms with E-state index in [-0.39, 0.29) is 0 Å². The van der Waals surface area contributed by atoms with Gasteiger partial charge in [0.2, 0.25) is 0 Å². The van der Waals surface area contributed by atoms with Crippen LogP contribution in [0.2, 0.25) is 0 Å². The molecule has 0 radical (unpaired) electrons. The Bertz CT molecular complexity index is 668. The highest BCUT2D eigenvalue weighted by molar-refractivity contribution is 5.90. The SMILES string of the molecule is O=Cc1cc2ccccn2c1-c1ccccc1. The van der Waals surface area contributed by atoms with E-state index in [1.807, 2.05) is 65.2 Å². The number of pyridine rings is 1. The second kappa shape index (κ2) is 3.91. The van der Waals surface area contributed by atoms with Gasteiger partial charge in [0.05, 0.1) is 5.69 Å². The summed E-state index contributed by atoms with van der Waals surface area (Å²) < 4.78 is 2.04. The van der Waals surface area contributed by atoms with Gasteiger partial charge >= 0.3 is 0 Å². The molecule has 0 saturated carbocycles. The fourth-order valence-electron chi connectivity index (χ4n) is 2.14. The smallest absolute Gasteiger partial charge is 0.152 e. The summed E-state index contributed by atoms with van der Waals surface area (Å²) >= 11 is 0. The van der Waals surface area contributed by atoms with Gasteiger partial charge in [0, 0.05) is 17.3 Å². The Morgan fingerprint density at radius 3 is 2.47 bits per heavy atom. The van der Waals surface area contributed by atoms with Crippen molar-refractivity contribution in [3.63, 3.8) is 0 Å². The molecule has 0 saturated heterocycles. The highest BCUT2D eigenvalue weighted by atomic mass is 16.1. The molecular weight excluding hydrogens is 210 g/mol. The van der Waals surface area contributed by atoms with Gasteiger partial charge in [-0.15, -0.1) is 0 Å². The number of carbonyl (C=O) groups excluding carboxylic acids is 1. The first-order valence-electron chi connectivity index (χ1n) is 5.51. The highest BCUT2D eigenvalue weighted by Crippen LogP contribution is 2.26. The Balaban J connectivity index is 2.38. The Labute approximate surface area is 99.1 Å². The van der Waals surface area contributed by atoms with Gasteiger partial charge in [-0.05, 0) is 23.8 Å². The number of nitrogens with zero attached hydrogens (tertiary/aromatic N) is 1. The second-order valence-electron chi connectivity index (χ2n) is 3.93. The minimum Gasteiger partial charge on any atom is -0.316 e. The van der Waals surface area contributed by atoms with Crippen LogP contribution in [0.1, 0.15) is 10.4 Å².